The van der Waals surface area contributed by atoms with Gasteiger partial charge in [0.2, 0.25) is 0 Å². The second-order valence-electron chi connectivity index (χ2n) is 7.39. The van der Waals surface area contributed by atoms with E-state index in [1.54, 1.807) is 14.2 Å². The number of ether oxygens (including phenoxy) is 2. The van der Waals surface area contributed by atoms with Crippen LogP contribution in [0.5, 0.6) is 11.5 Å². The molecule has 0 bridgehead atoms. The molecule has 152 valence electrons. The molecule has 1 saturated heterocycles. The van der Waals surface area contributed by atoms with Crippen molar-refractivity contribution in [1.82, 2.24) is 9.80 Å². The van der Waals surface area contributed by atoms with Crippen LogP contribution in [0.2, 0.25) is 0 Å². The van der Waals surface area contributed by atoms with Gasteiger partial charge in [-0.15, -0.1) is 0 Å². The van der Waals surface area contributed by atoms with Crippen molar-refractivity contribution in [2.45, 2.75) is 25.4 Å². The average molecular weight is 385 g/mol. The van der Waals surface area contributed by atoms with Crippen LogP contribution in [0.1, 0.15) is 17.5 Å². The second kappa shape index (κ2) is 10.5. The lowest BCUT2D eigenvalue weighted by Crippen LogP contribution is -2.53. The van der Waals surface area contributed by atoms with Gasteiger partial charge < -0.3 is 19.5 Å². The fourth-order valence-electron chi connectivity index (χ4n) is 3.92. The van der Waals surface area contributed by atoms with E-state index in [9.17, 15) is 5.11 Å². The monoisotopic (exact) mass is 384 g/mol. The fourth-order valence-corrected chi connectivity index (χ4v) is 3.92. The Bertz CT molecular complexity index is 701. The molecule has 0 radical (unpaired) electrons. The van der Waals surface area contributed by atoms with Crippen molar-refractivity contribution in [2.24, 2.45) is 0 Å². The molecule has 2 aromatic carbocycles. The highest BCUT2D eigenvalue weighted by Crippen LogP contribution is 2.25. The number of hydrogen-bond donors (Lipinski definition) is 1. The minimum Gasteiger partial charge on any atom is -0.497 e. The zero-order valence-electron chi connectivity index (χ0n) is 17.0. The fraction of sp³-hybridized carbons (Fsp3) is 0.478. The number of nitrogens with zero attached hydrogens (tertiary/aromatic N) is 2. The van der Waals surface area contributed by atoms with E-state index in [0.717, 1.165) is 57.1 Å². The van der Waals surface area contributed by atoms with Crippen molar-refractivity contribution in [2.75, 3.05) is 47.0 Å². The highest BCUT2D eigenvalue weighted by Gasteiger charge is 2.26. The normalized spacial score (nSPS) is 18.2. The zero-order chi connectivity index (χ0) is 19.8. The van der Waals surface area contributed by atoms with Gasteiger partial charge >= 0.3 is 0 Å². The summed E-state index contributed by atoms with van der Waals surface area (Å²) in [5, 5.41) is 9.58. The molecule has 0 amide bonds. The highest BCUT2D eigenvalue weighted by atomic mass is 16.5. The molecule has 2 aromatic rings. The third kappa shape index (κ3) is 5.71. The molecule has 0 spiro atoms. The molecule has 3 rings (SSSR count). The Hall–Kier alpha value is -2.08. The summed E-state index contributed by atoms with van der Waals surface area (Å²) in [4.78, 5) is 5.00. The van der Waals surface area contributed by atoms with Crippen LogP contribution in [0.25, 0.3) is 0 Å². The van der Waals surface area contributed by atoms with Crippen LogP contribution in [0.4, 0.5) is 0 Å². The maximum absolute atomic E-state index is 9.58. The number of methoxy groups -OCH3 is 2. The summed E-state index contributed by atoms with van der Waals surface area (Å²) in [6, 6.07) is 17.0. The quantitative estimate of drug-likeness (QED) is 0.720. The number of rotatable bonds is 9. The predicted octanol–water partition coefficient (Wildman–Crippen LogP) is 2.82. The first-order chi connectivity index (χ1) is 13.7. The van der Waals surface area contributed by atoms with E-state index in [1.807, 2.05) is 6.07 Å². The number of piperazine rings is 1. The highest BCUT2D eigenvalue weighted by molar-refractivity contribution is 5.38. The van der Waals surface area contributed by atoms with Crippen LogP contribution in [-0.2, 0) is 13.0 Å². The SMILES string of the molecule is COc1cc(CN2CCN(CCc3ccccc3)CC2CCO)cc(OC)c1. The van der Waals surface area contributed by atoms with Gasteiger partial charge in [0, 0.05) is 51.4 Å². The molecule has 28 heavy (non-hydrogen) atoms. The Morgan fingerprint density at radius 1 is 0.964 bits per heavy atom. The standard InChI is InChI=1S/C23H32N2O3/c1-27-22-14-20(15-23(16-22)28-2)17-25-12-11-24(18-21(25)9-13-26)10-8-19-6-4-3-5-7-19/h3-7,14-16,21,26H,8-13,17-18H2,1-2H3. The van der Waals surface area contributed by atoms with Gasteiger partial charge in [-0.3, -0.25) is 4.90 Å². The second-order valence-corrected chi connectivity index (χ2v) is 7.39. The van der Waals surface area contributed by atoms with Crippen molar-refractivity contribution >= 4 is 0 Å². The van der Waals surface area contributed by atoms with Crippen LogP contribution in [0, 0.1) is 0 Å². The Morgan fingerprint density at radius 2 is 1.68 bits per heavy atom. The number of aliphatic hydroxyl groups excluding tert-OH is 1. The topological polar surface area (TPSA) is 45.2 Å². The van der Waals surface area contributed by atoms with Gasteiger partial charge in [-0.25, -0.2) is 0 Å². The molecular formula is C23H32N2O3. The van der Waals surface area contributed by atoms with E-state index in [-0.39, 0.29) is 6.61 Å². The largest absolute Gasteiger partial charge is 0.497 e. The Kier molecular flexibility index (Phi) is 7.71. The van der Waals surface area contributed by atoms with Crippen molar-refractivity contribution in [1.29, 1.82) is 0 Å². The molecule has 0 aliphatic carbocycles. The van der Waals surface area contributed by atoms with Crippen molar-refractivity contribution in [3.63, 3.8) is 0 Å². The molecule has 0 aromatic heterocycles. The maximum Gasteiger partial charge on any atom is 0.122 e. The lowest BCUT2D eigenvalue weighted by atomic mass is 10.1. The third-order valence-electron chi connectivity index (χ3n) is 5.51. The van der Waals surface area contributed by atoms with Crippen molar-refractivity contribution in [3.05, 3.63) is 59.7 Å². The summed E-state index contributed by atoms with van der Waals surface area (Å²) >= 11 is 0. The first kappa shape index (κ1) is 20.6. The first-order valence-corrected chi connectivity index (χ1v) is 10.0. The maximum atomic E-state index is 9.58. The van der Waals surface area contributed by atoms with Gasteiger partial charge in [-0.05, 0) is 36.1 Å². The lowest BCUT2D eigenvalue weighted by Gasteiger charge is -2.41. The molecule has 1 N–H and O–H groups in total. The van der Waals surface area contributed by atoms with Gasteiger partial charge in [0.05, 0.1) is 14.2 Å². The summed E-state index contributed by atoms with van der Waals surface area (Å²) in [6.45, 7) is 5.16. The van der Waals surface area contributed by atoms with Crippen molar-refractivity contribution in [3.8, 4) is 11.5 Å². The molecule has 0 saturated carbocycles. The predicted molar refractivity (Wildman–Crippen MR) is 112 cm³/mol. The van der Waals surface area contributed by atoms with Gasteiger partial charge in [0.1, 0.15) is 11.5 Å². The van der Waals surface area contributed by atoms with E-state index in [2.05, 4.69) is 52.3 Å². The van der Waals surface area contributed by atoms with Gasteiger partial charge in [-0.1, -0.05) is 30.3 Å². The van der Waals surface area contributed by atoms with Crippen LogP contribution >= 0.6 is 0 Å². The first-order valence-electron chi connectivity index (χ1n) is 10.0. The number of hydrogen-bond acceptors (Lipinski definition) is 5. The van der Waals surface area contributed by atoms with E-state index in [0.29, 0.717) is 6.04 Å². The van der Waals surface area contributed by atoms with Crippen LogP contribution in [0.3, 0.4) is 0 Å². The average Bonchev–Trinajstić information content (AvgIpc) is 2.74. The molecule has 1 heterocycles. The summed E-state index contributed by atoms with van der Waals surface area (Å²) in [5.41, 5.74) is 2.56. The van der Waals surface area contributed by atoms with E-state index < -0.39 is 0 Å². The molecular weight excluding hydrogens is 352 g/mol. The minimum absolute atomic E-state index is 0.217. The molecule has 1 atom stereocenters. The van der Waals surface area contributed by atoms with Crippen LogP contribution in [-0.4, -0.2) is 68.0 Å². The lowest BCUT2D eigenvalue weighted by molar-refractivity contribution is 0.0543. The van der Waals surface area contributed by atoms with Crippen LogP contribution < -0.4 is 9.47 Å². The Labute approximate surface area is 168 Å². The Morgan fingerprint density at radius 3 is 2.32 bits per heavy atom. The van der Waals surface area contributed by atoms with Gasteiger partial charge in [-0.2, -0.15) is 0 Å². The summed E-state index contributed by atoms with van der Waals surface area (Å²) in [5.74, 6) is 1.63. The van der Waals surface area contributed by atoms with E-state index >= 15 is 0 Å². The summed E-state index contributed by atoms with van der Waals surface area (Å²) < 4.78 is 10.8. The number of benzene rings is 2. The zero-order valence-corrected chi connectivity index (χ0v) is 17.0. The molecule has 5 heteroatoms. The third-order valence-corrected chi connectivity index (χ3v) is 5.51. The van der Waals surface area contributed by atoms with Gasteiger partial charge in [0.25, 0.3) is 0 Å². The Balaban J connectivity index is 1.61. The summed E-state index contributed by atoms with van der Waals surface area (Å²) in [6.07, 6.45) is 1.86. The van der Waals surface area contributed by atoms with Gasteiger partial charge in [0.15, 0.2) is 0 Å². The van der Waals surface area contributed by atoms with E-state index in [1.165, 1.54) is 11.1 Å². The molecule has 1 aliphatic heterocycles. The van der Waals surface area contributed by atoms with Crippen LogP contribution in [0.15, 0.2) is 48.5 Å². The van der Waals surface area contributed by atoms with Crippen molar-refractivity contribution < 1.29 is 14.6 Å². The molecule has 5 nitrogen and oxygen atoms in total. The van der Waals surface area contributed by atoms with E-state index in [4.69, 9.17) is 9.47 Å². The molecule has 1 fully saturated rings. The summed E-state index contributed by atoms with van der Waals surface area (Å²) in [7, 11) is 3.36. The number of aliphatic hydroxyl groups is 1. The minimum atomic E-state index is 0.217. The molecule has 1 unspecified atom stereocenters. The smallest absolute Gasteiger partial charge is 0.122 e. The molecule has 1 aliphatic rings.